The van der Waals surface area contributed by atoms with Gasteiger partial charge in [0.15, 0.2) is 4.34 Å². The molecule has 0 spiro atoms. The lowest BCUT2D eigenvalue weighted by Gasteiger charge is -2.20. The lowest BCUT2D eigenvalue weighted by Crippen LogP contribution is -2.46. The van der Waals surface area contributed by atoms with Crippen molar-refractivity contribution < 1.29 is 14.4 Å². The van der Waals surface area contributed by atoms with Crippen molar-refractivity contribution in [3.8, 4) is 6.07 Å². The van der Waals surface area contributed by atoms with Gasteiger partial charge in [0.25, 0.3) is 5.91 Å². The molecule has 2 aliphatic rings. The van der Waals surface area contributed by atoms with Crippen molar-refractivity contribution in [1.29, 1.82) is 5.26 Å². The highest BCUT2D eigenvalue weighted by Gasteiger charge is 2.56. The summed E-state index contributed by atoms with van der Waals surface area (Å²) in [5.41, 5.74) is 0.736. The number of urea groups is 1. The van der Waals surface area contributed by atoms with Crippen LogP contribution in [0.1, 0.15) is 30.9 Å². The van der Waals surface area contributed by atoms with Crippen molar-refractivity contribution >= 4 is 46.1 Å². The Balaban J connectivity index is 1.30. The number of imide groups is 1. The van der Waals surface area contributed by atoms with Gasteiger partial charge in [-0.1, -0.05) is 35.2 Å². The lowest BCUT2D eigenvalue weighted by atomic mass is 9.96. The third-order valence-electron chi connectivity index (χ3n) is 5.09. The van der Waals surface area contributed by atoms with E-state index in [0.29, 0.717) is 20.8 Å². The Kier molecular flexibility index (Phi) is 5.44. The molecule has 0 bridgehead atoms. The highest BCUT2D eigenvalue weighted by Crippen LogP contribution is 2.42. The summed E-state index contributed by atoms with van der Waals surface area (Å²) in [5.74, 6) is -0.0727. The predicted octanol–water partition coefficient (Wildman–Crippen LogP) is 2.36. The fourth-order valence-electron chi connectivity index (χ4n) is 3.24. The lowest BCUT2D eigenvalue weighted by molar-refractivity contribution is -0.134. The Labute approximate surface area is 180 Å². The number of benzene rings is 1. The summed E-state index contributed by atoms with van der Waals surface area (Å²) in [6, 6.07) is 8.80. The van der Waals surface area contributed by atoms with Crippen LogP contribution in [-0.2, 0) is 15.3 Å². The van der Waals surface area contributed by atoms with E-state index in [1.165, 1.54) is 23.1 Å². The summed E-state index contributed by atoms with van der Waals surface area (Å²) < 4.78 is 0.672. The highest BCUT2D eigenvalue weighted by atomic mass is 32.2. The van der Waals surface area contributed by atoms with Crippen LogP contribution in [0.15, 0.2) is 28.6 Å². The minimum absolute atomic E-state index is 0.140. The van der Waals surface area contributed by atoms with E-state index in [4.69, 9.17) is 5.26 Å². The number of carbonyl (C=O) groups excluding carboxylic acids is 3. The van der Waals surface area contributed by atoms with Gasteiger partial charge in [-0.05, 0) is 43.4 Å². The molecule has 4 amide bonds. The SMILES string of the molecule is C[C@@]1(C2CC2)NC(=O)N(CC(=O)Nc2nnc(SCc3ccc(C#N)cc3)s2)C1=O. The Morgan fingerprint density at radius 3 is 2.77 bits per heavy atom. The van der Waals surface area contributed by atoms with Crippen molar-refractivity contribution in [2.24, 2.45) is 5.92 Å². The topological polar surface area (TPSA) is 128 Å². The van der Waals surface area contributed by atoms with Crippen LogP contribution in [0.5, 0.6) is 0 Å². The normalized spacial score (nSPS) is 20.7. The first-order valence-corrected chi connectivity index (χ1v) is 11.1. The highest BCUT2D eigenvalue weighted by molar-refractivity contribution is 8.00. The van der Waals surface area contributed by atoms with E-state index in [1.54, 1.807) is 19.1 Å². The van der Waals surface area contributed by atoms with Crippen molar-refractivity contribution in [3.05, 3.63) is 35.4 Å². The van der Waals surface area contributed by atoms with E-state index >= 15 is 0 Å². The van der Waals surface area contributed by atoms with E-state index in [1.807, 2.05) is 12.1 Å². The maximum absolute atomic E-state index is 12.6. The number of amides is 4. The number of nitrogens with zero attached hydrogens (tertiary/aromatic N) is 4. The zero-order valence-corrected chi connectivity index (χ0v) is 17.7. The summed E-state index contributed by atoms with van der Waals surface area (Å²) in [4.78, 5) is 38.0. The zero-order valence-electron chi connectivity index (χ0n) is 16.0. The Bertz CT molecular complexity index is 1040. The van der Waals surface area contributed by atoms with E-state index in [9.17, 15) is 14.4 Å². The minimum atomic E-state index is -0.907. The molecule has 2 N–H and O–H groups in total. The summed E-state index contributed by atoms with van der Waals surface area (Å²) in [5, 5.41) is 22.4. The van der Waals surface area contributed by atoms with Crippen LogP contribution in [-0.4, -0.2) is 45.0 Å². The van der Waals surface area contributed by atoms with Gasteiger partial charge < -0.3 is 5.32 Å². The van der Waals surface area contributed by atoms with E-state index in [-0.39, 0.29) is 18.4 Å². The Hall–Kier alpha value is -2.97. The number of anilines is 1. The molecule has 1 atom stereocenters. The summed E-state index contributed by atoms with van der Waals surface area (Å²) in [7, 11) is 0. The summed E-state index contributed by atoms with van der Waals surface area (Å²) in [6.45, 7) is 1.35. The number of nitrogens with one attached hydrogen (secondary N) is 2. The van der Waals surface area contributed by atoms with Crippen LogP contribution in [0.4, 0.5) is 9.93 Å². The molecule has 4 rings (SSSR count). The smallest absolute Gasteiger partial charge is 0.323 e. The van der Waals surface area contributed by atoms with E-state index in [0.717, 1.165) is 23.3 Å². The first kappa shape index (κ1) is 20.3. The summed E-state index contributed by atoms with van der Waals surface area (Å²) >= 11 is 2.68. The monoisotopic (exact) mass is 442 g/mol. The fraction of sp³-hybridized carbons (Fsp3) is 0.368. The molecule has 1 aliphatic heterocycles. The molecular weight excluding hydrogens is 424 g/mol. The van der Waals surface area contributed by atoms with Gasteiger partial charge in [0, 0.05) is 5.75 Å². The van der Waals surface area contributed by atoms with E-state index in [2.05, 4.69) is 26.9 Å². The maximum atomic E-state index is 12.6. The first-order chi connectivity index (χ1) is 14.4. The van der Waals surface area contributed by atoms with Gasteiger partial charge in [-0.15, -0.1) is 10.2 Å². The molecule has 30 heavy (non-hydrogen) atoms. The fourth-order valence-corrected chi connectivity index (χ4v) is 4.96. The largest absolute Gasteiger partial charge is 0.325 e. The number of rotatable bonds is 7. The van der Waals surface area contributed by atoms with Crippen molar-refractivity contribution in [2.75, 3.05) is 11.9 Å². The third kappa shape index (κ3) is 4.15. The molecule has 1 aliphatic carbocycles. The molecule has 1 saturated carbocycles. The van der Waals surface area contributed by atoms with Gasteiger partial charge in [0.05, 0.1) is 11.6 Å². The van der Waals surface area contributed by atoms with Crippen LogP contribution in [0, 0.1) is 17.2 Å². The second kappa shape index (κ2) is 8.04. The van der Waals surface area contributed by atoms with E-state index < -0.39 is 17.5 Å². The van der Waals surface area contributed by atoms with Gasteiger partial charge in [0.2, 0.25) is 11.0 Å². The number of aromatic nitrogens is 2. The second-order valence-corrected chi connectivity index (χ2v) is 9.52. The molecule has 9 nitrogen and oxygen atoms in total. The molecule has 1 aromatic carbocycles. The van der Waals surface area contributed by atoms with Crippen LogP contribution in [0.3, 0.4) is 0 Å². The summed E-state index contributed by atoms with van der Waals surface area (Å²) in [6.07, 6.45) is 1.80. The van der Waals surface area contributed by atoms with Crippen molar-refractivity contribution in [3.63, 3.8) is 0 Å². The van der Waals surface area contributed by atoms with Gasteiger partial charge in [-0.3, -0.25) is 19.8 Å². The number of thioether (sulfide) groups is 1. The number of carbonyl (C=O) groups is 3. The Morgan fingerprint density at radius 1 is 1.37 bits per heavy atom. The van der Waals surface area contributed by atoms with Gasteiger partial charge in [-0.25, -0.2) is 4.79 Å². The van der Waals surface area contributed by atoms with Gasteiger partial charge in [0.1, 0.15) is 12.1 Å². The van der Waals surface area contributed by atoms with Crippen LogP contribution < -0.4 is 10.6 Å². The zero-order chi connectivity index (χ0) is 21.3. The van der Waals surface area contributed by atoms with Crippen molar-refractivity contribution in [2.45, 2.75) is 35.4 Å². The maximum Gasteiger partial charge on any atom is 0.325 e. The molecule has 2 fully saturated rings. The molecule has 2 heterocycles. The number of hydrogen-bond donors (Lipinski definition) is 2. The number of nitriles is 1. The first-order valence-electron chi connectivity index (χ1n) is 9.28. The molecular formula is C19H18N6O3S2. The Morgan fingerprint density at radius 2 is 2.10 bits per heavy atom. The molecule has 1 saturated heterocycles. The third-order valence-corrected chi connectivity index (χ3v) is 7.14. The standard InChI is InChI=1S/C19H18N6O3S2/c1-19(13-6-7-13)15(27)25(17(28)22-19)9-14(26)21-16-23-24-18(30-16)29-10-12-4-2-11(8-20)3-5-12/h2-5,13H,6-7,9-10H2,1H3,(H,22,28)(H,21,23,26)/t19-/m0/s1. The minimum Gasteiger partial charge on any atom is -0.323 e. The second-order valence-electron chi connectivity index (χ2n) is 7.32. The average molecular weight is 443 g/mol. The number of hydrogen-bond acceptors (Lipinski definition) is 8. The van der Waals surface area contributed by atoms with Crippen LogP contribution in [0.25, 0.3) is 0 Å². The molecule has 11 heteroatoms. The van der Waals surface area contributed by atoms with Crippen molar-refractivity contribution in [1.82, 2.24) is 20.4 Å². The molecule has 0 radical (unpaired) electrons. The predicted molar refractivity (Wildman–Crippen MR) is 111 cm³/mol. The quantitative estimate of drug-likeness (QED) is 0.383. The molecule has 0 unspecified atom stereocenters. The van der Waals surface area contributed by atoms with Crippen LogP contribution >= 0.6 is 23.1 Å². The molecule has 2 aromatic rings. The molecule has 154 valence electrons. The van der Waals surface area contributed by atoms with Gasteiger partial charge in [-0.2, -0.15) is 5.26 Å². The van der Waals surface area contributed by atoms with Gasteiger partial charge >= 0.3 is 6.03 Å². The average Bonchev–Trinajstić information content (AvgIpc) is 3.47. The molecule has 1 aromatic heterocycles. The van der Waals surface area contributed by atoms with Crippen LogP contribution in [0.2, 0.25) is 0 Å².